The van der Waals surface area contributed by atoms with Crippen LogP contribution in [-0.2, 0) is 25.5 Å². The predicted molar refractivity (Wildman–Crippen MR) is 90.5 cm³/mol. The second-order valence-corrected chi connectivity index (χ2v) is 4.96. The number of methoxy groups -OCH3 is 3. The van der Waals surface area contributed by atoms with Crippen LogP contribution in [0.4, 0.5) is 4.79 Å². The summed E-state index contributed by atoms with van der Waals surface area (Å²) in [5.74, 6) is 0.0624. The SMILES string of the molecule is CCOC(=O)NC(=O)COC(=O)CCc1cc(OC)c(OC)c(OC)c1. The van der Waals surface area contributed by atoms with E-state index in [0.717, 1.165) is 5.56 Å². The lowest BCUT2D eigenvalue weighted by Gasteiger charge is -2.14. The van der Waals surface area contributed by atoms with Crippen LogP contribution in [0.1, 0.15) is 18.9 Å². The Kier molecular flexibility index (Phi) is 8.76. The van der Waals surface area contributed by atoms with Gasteiger partial charge in [0.25, 0.3) is 5.91 Å². The number of hydrogen-bond donors (Lipinski definition) is 1. The third-order valence-corrected chi connectivity index (χ3v) is 3.22. The minimum Gasteiger partial charge on any atom is -0.493 e. The molecule has 144 valence electrons. The molecule has 0 bridgehead atoms. The number of imide groups is 1. The fraction of sp³-hybridized carbons (Fsp3) is 0.471. The largest absolute Gasteiger partial charge is 0.493 e. The number of rotatable bonds is 9. The summed E-state index contributed by atoms with van der Waals surface area (Å²) in [5, 5.41) is 1.93. The maximum absolute atomic E-state index is 11.8. The van der Waals surface area contributed by atoms with Crippen LogP contribution in [0.5, 0.6) is 17.2 Å². The first-order valence-corrected chi connectivity index (χ1v) is 7.86. The van der Waals surface area contributed by atoms with E-state index in [0.29, 0.717) is 23.7 Å². The highest BCUT2D eigenvalue weighted by atomic mass is 16.6. The molecular weight excluding hydrogens is 346 g/mol. The highest BCUT2D eigenvalue weighted by Gasteiger charge is 2.15. The molecule has 1 rings (SSSR count). The maximum Gasteiger partial charge on any atom is 0.413 e. The molecule has 0 radical (unpaired) electrons. The van der Waals surface area contributed by atoms with Gasteiger partial charge in [-0.1, -0.05) is 0 Å². The molecule has 0 aliphatic heterocycles. The predicted octanol–water partition coefficient (Wildman–Crippen LogP) is 1.46. The summed E-state index contributed by atoms with van der Waals surface area (Å²) in [6.07, 6.45) is -0.508. The average molecular weight is 369 g/mol. The van der Waals surface area contributed by atoms with Crippen LogP contribution in [0.2, 0.25) is 0 Å². The van der Waals surface area contributed by atoms with Gasteiger partial charge in [0.15, 0.2) is 18.1 Å². The van der Waals surface area contributed by atoms with Gasteiger partial charge in [-0.05, 0) is 31.0 Å². The molecule has 0 fully saturated rings. The molecule has 0 saturated carbocycles. The minimum atomic E-state index is -0.883. The first kappa shape index (κ1) is 21.1. The molecule has 0 spiro atoms. The van der Waals surface area contributed by atoms with E-state index in [1.807, 2.05) is 5.32 Å². The summed E-state index contributed by atoms with van der Waals surface area (Å²) in [7, 11) is 4.49. The summed E-state index contributed by atoms with van der Waals surface area (Å²) in [6.45, 7) is 1.17. The molecule has 0 saturated heterocycles. The molecule has 1 N–H and O–H groups in total. The van der Waals surface area contributed by atoms with Crippen LogP contribution in [0.25, 0.3) is 0 Å². The second kappa shape index (κ2) is 10.8. The molecular formula is C17H23NO8. The molecule has 0 heterocycles. The molecule has 0 aromatic heterocycles. The third-order valence-electron chi connectivity index (χ3n) is 3.22. The van der Waals surface area contributed by atoms with Crippen LogP contribution in [0.15, 0.2) is 12.1 Å². The number of amides is 2. The molecule has 0 aliphatic rings. The van der Waals surface area contributed by atoms with Crippen LogP contribution in [-0.4, -0.2) is 52.5 Å². The van der Waals surface area contributed by atoms with E-state index in [1.54, 1.807) is 19.1 Å². The van der Waals surface area contributed by atoms with E-state index in [4.69, 9.17) is 18.9 Å². The Morgan fingerprint density at radius 3 is 2.08 bits per heavy atom. The van der Waals surface area contributed by atoms with Crippen molar-refractivity contribution in [1.82, 2.24) is 5.32 Å². The lowest BCUT2D eigenvalue weighted by atomic mass is 10.1. The van der Waals surface area contributed by atoms with Gasteiger partial charge in [-0.15, -0.1) is 0 Å². The number of carbonyl (C=O) groups is 3. The van der Waals surface area contributed by atoms with Crippen LogP contribution in [0.3, 0.4) is 0 Å². The van der Waals surface area contributed by atoms with Crippen molar-refractivity contribution in [3.8, 4) is 17.2 Å². The Morgan fingerprint density at radius 1 is 0.962 bits per heavy atom. The third kappa shape index (κ3) is 6.50. The van der Waals surface area contributed by atoms with E-state index in [2.05, 4.69) is 4.74 Å². The highest BCUT2D eigenvalue weighted by molar-refractivity contribution is 5.93. The monoisotopic (exact) mass is 369 g/mol. The zero-order valence-corrected chi connectivity index (χ0v) is 15.2. The molecule has 26 heavy (non-hydrogen) atoms. The maximum atomic E-state index is 11.8. The number of alkyl carbamates (subject to hydrolysis) is 1. The van der Waals surface area contributed by atoms with Gasteiger partial charge in [0, 0.05) is 6.42 Å². The normalized spacial score (nSPS) is 9.85. The first-order chi connectivity index (χ1) is 12.4. The van der Waals surface area contributed by atoms with Crippen molar-refractivity contribution in [2.45, 2.75) is 19.8 Å². The van der Waals surface area contributed by atoms with E-state index in [1.165, 1.54) is 21.3 Å². The minimum absolute atomic E-state index is 0.0331. The smallest absolute Gasteiger partial charge is 0.413 e. The summed E-state index contributed by atoms with van der Waals surface area (Å²) in [4.78, 5) is 34.2. The molecule has 2 amide bonds. The summed E-state index contributed by atoms with van der Waals surface area (Å²) < 4.78 is 25.1. The van der Waals surface area contributed by atoms with Crippen LogP contribution in [0, 0.1) is 0 Å². The Hall–Kier alpha value is -2.97. The van der Waals surface area contributed by atoms with Crippen LogP contribution < -0.4 is 19.5 Å². The van der Waals surface area contributed by atoms with Crippen molar-refractivity contribution in [2.24, 2.45) is 0 Å². The van der Waals surface area contributed by atoms with Gasteiger partial charge in [-0.2, -0.15) is 0 Å². The highest BCUT2D eigenvalue weighted by Crippen LogP contribution is 2.38. The number of ether oxygens (including phenoxy) is 5. The standard InChI is InChI=1S/C17H23NO8/c1-5-25-17(21)18-14(19)10-26-15(20)7-6-11-8-12(22-2)16(24-4)13(9-11)23-3/h8-9H,5-7,10H2,1-4H3,(H,18,19,21). The molecule has 1 aromatic rings. The van der Waals surface area contributed by atoms with E-state index in [9.17, 15) is 14.4 Å². The molecule has 0 atom stereocenters. The van der Waals surface area contributed by atoms with Crippen molar-refractivity contribution in [3.05, 3.63) is 17.7 Å². The van der Waals surface area contributed by atoms with Crippen molar-refractivity contribution in [2.75, 3.05) is 34.5 Å². The molecule has 9 heteroatoms. The number of nitrogens with one attached hydrogen (secondary N) is 1. The topological polar surface area (TPSA) is 109 Å². The first-order valence-electron chi connectivity index (χ1n) is 7.86. The number of aryl methyl sites for hydroxylation is 1. The summed E-state index contributed by atoms with van der Waals surface area (Å²) in [5.41, 5.74) is 0.771. The Labute approximate surface area is 151 Å². The fourth-order valence-electron chi connectivity index (χ4n) is 2.06. The summed E-state index contributed by atoms with van der Waals surface area (Å²) in [6, 6.07) is 3.45. The van der Waals surface area contributed by atoms with E-state index >= 15 is 0 Å². The second-order valence-electron chi connectivity index (χ2n) is 4.96. The Morgan fingerprint density at radius 2 is 1.58 bits per heavy atom. The number of carbonyl (C=O) groups excluding carboxylic acids is 3. The molecule has 1 aromatic carbocycles. The lowest BCUT2D eigenvalue weighted by Crippen LogP contribution is -2.34. The van der Waals surface area contributed by atoms with Gasteiger partial charge >= 0.3 is 12.1 Å². The lowest BCUT2D eigenvalue weighted by molar-refractivity contribution is -0.148. The molecule has 9 nitrogen and oxygen atoms in total. The number of benzene rings is 1. The quantitative estimate of drug-likeness (QED) is 0.652. The zero-order chi connectivity index (χ0) is 19.5. The van der Waals surface area contributed by atoms with Crippen molar-refractivity contribution >= 4 is 18.0 Å². The average Bonchev–Trinajstić information content (AvgIpc) is 2.63. The van der Waals surface area contributed by atoms with Crippen molar-refractivity contribution in [3.63, 3.8) is 0 Å². The molecule has 0 unspecified atom stereocenters. The van der Waals surface area contributed by atoms with Crippen LogP contribution >= 0.6 is 0 Å². The molecule has 0 aliphatic carbocycles. The fourth-order valence-corrected chi connectivity index (χ4v) is 2.06. The van der Waals surface area contributed by atoms with E-state index in [-0.39, 0.29) is 13.0 Å². The number of hydrogen-bond acceptors (Lipinski definition) is 8. The van der Waals surface area contributed by atoms with Crippen molar-refractivity contribution in [1.29, 1.82) is 0 Å². The van der Waals surface area contributed by atoms with Gasteiger partial charge in [-0.25, -0.2) is 4.79 Å². The van der Waals surface area contributed by atoms with Gasteiger partial charge in [0.2, 0.25) is 5.75 Å². The van der Waals surface area contributed by atoms with Gasteiger partial charge in [-0.3, -0.25) is 14.9 Å². The Bertz CT molecular complexity index is 619. The summed E-state index contributed by atoms with van der Waals surface area (Å²) >= 11 is 0. The van der Waals surface area contributed by atoms with Gasteiger partial charge in [0.05, 0.1) is 27.9 Å². The van der Waals surface area contributed by atoms with Crippen molar-refractivity contribution < 1.29 is 38.1 Å². The number of esters is 1. The van der Waals surface area contributed by atoms with Gasteiger partial charge < -0.3 is 23.7 Å². The van der Waals surface area contributed by atoms with E-state index < -0.39 is 24.6 Å². The van der Waals surface area contributed by atoms with Gasteiger partial charge in [0.1, 0.15) is 0 Å². The Balaban J connectivity index is 2.54. The zero-order valence-electron chi connectivity index (χ0n) is 15.2.